The van der Waals surface area contributed by atoms with Gasteiger partial charge in [0, 0.05) is 48.0 Å². The van der Waals surface area contributed by atoms with Gasteiger partial charge in [0.2, 0.25) is 0 Å². The molecule has 0 radical (unpaired) electrons. The van der Waals surface area contributed by atoms with Crippen LogP contribution in [0.5, 0.6) is 0 Å². The number of rotatable bonds is 4. The van der Waals surface area contributed by atoms with Crippen LogP contribution in [0.1, 0.15) is 22.6 Å². The highest BCUT2D eigenvalue weighted by Gasteiger charge is 2.41. The lowest BCUT2D eigenvalue weighted by Gasteiger charge is -2.24. The van der Waals surface area contributed by atoms with Gasteiger partial charge in [0.15, 0.2) is 0 Å². The number of aryl methyl sites for hydroxylation is 1. The Balaban J connectivity index is 1.64. The number of fused-ring (bicyclic) bond motifs is 1. The Labute approximate surface area is 114 Å². The lowest BCUT2D eigenvalue weighted by Crippen LogP contribution is -2.36. The van der Waals surface area contributed by atoms with Crippen LogP contribution in [0.4, 0.5) is 0 Å². The fourth-order valence-corrected chi connectivity index (χ4v) is 4.44. The molecular formula is C15H22N2S. The predicted octanol–water partition coefficient (Wildman–Crippen LogP) is 2.89. The van der Waals surface area contributed by atoms with Crippen molar-refractivity contribution >= 4 is 11.3 Å². The van der Waals surface area contributed by atoms with Crippen molar-refractivity contribution in [1.82, 2.24) is 9.80 Å². The summed E-state index contributed by atoms with van der Waals surface area (Å²) in [6.07, 6.45) is 4.72. The molecule has 0 aliphatic carbocycles. The zero-order chi connectivity index (χ0) is 12.5. The van der Waals surface area contributed by atoms with Gasteiger partial charge in [0.1, 0.15) is 0 Å². The third-order valence-electron chi connectivity index (χ3n) is 4.32. The highest BCUT2D eigenvalue weighted by molar-refractivity contribution is 7.11. The molecule has 2 aliphatic rings. The second-order valence-electron chi connectivity index (χ2n) is 5.48. The second kappa shape index (κ2) is 5.16. The highest BCUT2D eigenvalue weighted by Crippen LogP contribution is 2.33. The van der Waals surface area contributed by atoms with Gasteiger partial charge in [-0.15, -0.1) is 17.9 Å². The predicted molar refractivity (Wildman–Crippen MR) is 78.0 cm³/mol. The summed E-state index contributed by atoms with van der Waals surface area (Å²) in [5.41, 5.74) is 0. The molecule has 3 heterocycles. The third-order valence-corrected chi connectivity index (χ3v) is 5.31. The maximum absolute atomic E-state index is 3.87. The Bertz CT molecular complexity index is 426. The van der Waals surface area contributed by atoms with Gasteiger partial charge in [-0.1, -0.05) is 6.08 Å². The quantitative estimate of drug-likeness (QED) is 0.770. The zero-order valence-corrected chi connectivity index (χ0v) is 12.0. The maximum atomic E-state index is 3.87. The molecule has 1 aromatic rings. The fraction of sp³-hybridized carbons (Fsp3) is 0.600. The third kappa shape index (κ3) is 2.27. The topological polar surface area (TPSA) is 6.48 Å². The smallest absolute Gasteiger partial charge is 0.0331 e. The molecule has 2 nitrogen and oxygen atoms in total. The summed E-state index contributed by atoms with van der Waals surface area (Å²) in [5, 5.41) is 0. The van der Waals surface area contributed by atoms with Crippen LogP contribution in [-0.4, -0.2) is 41.5 Å². The summed E-state index contributed by atoms with van der Waals surface area (Å²) >= 11 is 1.95. The molecule has 3 heteroatoms. The molecule has 2 saturated heterocycles. The van der Waals surface area contributed by atoms with Crippen LogP contribution >= 0.6 is 11.3 Å². The maximum Gasteiger partial charge on any atom is 0.0331 e. The van der Waals surface area contributed by atoms with Crippen LogP contribution in [0.15, 0.2) is 24.8 Å². The van der Waals surface area contributed by atoms with Crippen molar-refractivity contribution in [2.45, 2.75) is 38.4 Å². The normalized spacial score (nSPS) is 28.7. The number of likely N-dealkylation sites (tertiary alicyclic amines) is 2. The van der Waals surface area contributed by atoms with E-state index >= 15 is 0 Å². The summed E-state index contributed by atoms with van der Waals surface area (Å²) in [6, 6.07) is 6.10. The van der Waals surface area contributed by atoms with E-state index in [9.17, 15) is 0 Å². The summed E-state index contributed by atoms with van der Waals surface area (Å²) in [7, 11) is 0. The van der Waals surface area contributed by atoms with Crippen LogP contribution in [0.3, 0.4) is 0 Å². The van der Waals surface area contributed by atoms with Crippen LogP contribution in [0.25, 0.3) is 0 Å². The van der Waals surface area contributed by atoms with Gasteiger partial charge in [-0.05, 0) is 31.9 Å². The molecule has 0 bridgehead atoms. The van der Waals surface area contributed by atoms with E-state index in [2.05, 4.69) is 35.4 Å². The van der Waals surface area contributed by atoms with Crippen molar-refractivity contribution < 1.29 is 0 Å². The minimum Gasteiger partial charge on any atom is -0.295 e. The van der Waals surface area contributed by atoms with Crippen LogP contribution in [-0.2, 0) is 6.54 Å². The fourth-order valence-electron chi connectivity index (χ4n) is 3.52. The molecule has 2 atom stereocenters. The second-order valence-corrected chi connectivity index (χ2v) is 6.85. The lowest BCUT2D eigenvalue weighted by molar-refractivity contribution is 0.227. The van der Waals surface area contributed by atoms with Gasteiger partial charge in [-0.3, -0.25) is 9.80 Å². The van der Waals surface area contributed by atoms with Crippen molar-refractivity contribution in [1.29, 1.82) is 0 Å². The van der Waals surface area contributed by atoms with Gasteiger partial charge in [-0.2, -0.15) is 0 Å². The summed E-state index contributed by atoms with van der Waals surface area (Å²) in [6.45, 7) is 10.8. The minimum atomic E-state index is 0.782. The van der Waals surface area contributed by atoms with Crippen molar-refractivity contribution in [3.05, 3.63) is 34.5 Å². The first-order valence-corrected chi connectivity index (χ1v) is 7.74. The molecule has 1 aromatic heterocycles. The van der Waals surface area contributed by atoms with E-state index in [0.717, 1.165) is 25.2 Å². The van der Waals surface area contributed by atoms with Gasteiger partial charge in [-0.25, -0.2) is 0 Å². The van der Waals surface area contributed by atoms with Gasteiger partial charge in [0.25, 0.3) is 0 Å². The molecular weight excluding hydrogens is 240 g/mol. The Morgan fingerprint density at radius 2 is 2.00 bits per heavy atom. The van der Waals surface area contributed by atoms with E-state index in [1.807, 2.05) is 17.4 Å². The molecule has 0 amide bonds. The van der Waals surface area contributed by atoms with E-state index in [-0.39, 0.29) is 0 Å². The number of hydrogen-bond acceptors (Lipinski definition) is 3. The Kier molecular flexibility index (Phi) is 3.55. The molecule has 98 valence electrons. The molecule has 0 aromatic carbocycles. The average molecular weight is 262 g/mol. The van der Waals surface area contributed by atoms with Crippen LogP contribution in [0, 0.1) is 6.92 Å². The van der Waals surface area contributed by atoms with Crippen molar-refractivity contribution in [2.75, 3.05) is 19.6 Å². The number of nitrogens with zero attached hydrogens (tertiary/aromatic N) is 2. The largest absolute Gasteiger partial charge is 0.295 e. The molecule has 0 spiro atoms. The zero-order valence-electron chi connectivity index (χ0n) is 11.1. The minimum absolute atomic E-state index is 0.782. The standard InChI is InChI=1S/C15H22N2S/c1-3-8-16-9-6-15-14(16)7-10-17(15)11-13-5-4-12(2)18-13/h3-5,14-15H,1,6-11H2,2H3/t14-,15+/m0/s1. The number of thiophene rings is 1. The van der Waals surface area contributed by atoms with E-state index in [0.29, 0.717) is 0 Å². The summed E-state index contributed by atoms with van der Waals surface area (Å²) < 4.78 is 0. The highest BCUT2D eigenvalue weighted by atomic mass is 32.1. The summed E-state index contributed by atoms with van der Waals surface area (Å²) in [4.78, 5) is 8.26. The molecule has 2 aliphatic heterocycles. The molecule has 0 saturated carbocycles. The Morgan fingerprint density at radius 3 is 2.67 bits per heavy atom. The van der Waals surface area contributed by atoms with E-state index in [1.54, 1.807) is 0 Å². The summed E-state index contributed by atoms with van der Waals surface area (Å²) in [5.74, 6) is 0. The first kappa shape index (κ1) is 12.4. The van der Waals surface area contributed by atoms with E-state index in [1.165, 1.54) is 35.7 Å². The average Bonchev–Trinajstić information content (AvgIpc) is 3.01. The van der Waals surface area contributed by atoms with Gasteiger partial charge in [0.05, 0.1) is 0 Å². The van der Waals surface area contributed by atoms with Gasteiger partial charge < -0.3 is 0 Å². The monoisotopic (exact) mass is 262 g/mol. The number of hydrogen-bond donors (Lipinski definition) is 0. The van der Waals surface area contributed by atoms with Crippen molar-refractivity contribution in [3.63, 3.8) is 0 Å². The van der Waals surface area contributed by atoms with Crippen molar-refractivity contribution in [2.24, 2.45) is 0 Å². The van der Waals surface area contributed by atoms with Crippen LogP contribution in [0.2, 0.25) is 0 Å². The Morgan fingerprint density at radius 1 is 1.28 bits per heavy atom. The molecule has 0 N–H and O–H groups in total. The van der Waals surface area contributed by atoms with E-state index < -0.39 is 0 Å². The molecule has 2 fully saturated rings. The van der Waals surface area contributed by atoms with Crippen LogP contribution < -0.4 is 0 Å². The van der Waals surface area contributed by atoms with E-state index in [4.69, 9.17) is 0 Å². The Hall–Kier alpha value is -0.640. The molecule has 18 heavy (non-hydrogen) atoms. The molecule has 3 rings (SSSR count). The SMILES string of the molecule is C=CCN1CC[C@@H]2[C@@H]1CCN2Cc1ccc(C)s1. The van der Waals surface area contributed by atoms with Crippen molar-refractivity contribution in [3.8, 4) is 0 Å². The first-order chi connectivity index (χ1) is 8.78. The molecule has 0 unspecified atom stereocenters. The lowest BCUT2D eigenvalue weighted by atomic mass is 10.1. The first-order valence-electron chi connectivity index (χ1n) is 6.92. The van der Waals surface area contributed by atoms with Gasteiger partial charge >= 0.3 is 0 Å².